The lowest BCUT2D eigenvalue weighted by Gasteiger charge is -2.10. The van der Waals surface area contributed by atoms with Crippen molar-refractivity contribution in [2.24, 2.45) is 0 Å². The highest BCUT2D eigenvalue weighted by atomic mass is 32.2. The molecule has 0 fully saturated rings. The van der Waals surface area contributed by atoms with Crippen molar-refractivity contribution in [1.82, 2.24) is 9.29 Å². The van der Waals surface area contributed by atoms with E-state index in [2.05, 4.69) is 4.98 Å². The van der Waals surface area contributed by atoms with Gasteiger partial charge < -0.3 is 4.42 Å². The van der Waals surface area contributed by atoms with Crippen LogP contribution in [-0.2, 0) is 14.8 Å². The molecular formula is C13H16N2O4S2. The van der Waals surface area contributed by atoms with Crippen LogP contribution in [0.4, 0.5) is 0 Å². The van der Waals surface area contributed by atoms with E-state index in [1.165, 1.54) is 44.9 Å². The zero-order valence-electron chi connectivity index (χ0n) is 12.2. The fourth-order valence-corrected chi connectivity index (χ4v) is 3.22. The second-order valence-electron chi connectivity index (χ2n) is 4.77. The van der Waals surface area contributed by atoms with Gasteiger partial charge in [0.15, 0.2) is 5.58 Å². The first-order chi connectivity index (χ1) is 9.71. The van der Waals surface area contributed by atoms with Gasteiger partial charge in [0.2, 0.25) is 10.0 Å². The Morgan fingerprint density at radius 1 is 1.38 bits per heavy atom. The first-order valence-corrected chi connectivity index (χ1v) is 8.54. The molecule has 0 aliphatic rings. The molecule has 0 saturated carbocycles. The molecule has 0 amide bonds. The van der Waals surface area contributed by atoms with Gasteiger partial charge in [-0.25, -0.2) is 17.7 Å². The van der Waals surface area contributed by atoms with E-state index in [9.17, 15) is 13.2 Å². The van der Waals surface area contributed by atoms with Crippen LogP contribution in [0.15, 0.2) is 32.7 Å². The van der Waals surface area contributed by atoms with E-state index in [-0.39, 0.29) is 15.9 Å². The number of fused-ring (bicyclic) bond motifs is 1. The summed E-state index contributed by atoms with van der Waals surface area (Å²) in [4.78, 5) is 15.6. The average Bonchev–Trinajstić information content (AvgIpc) is 2.79. The molecule has 0 spiro atoms. The number of hydrogen-bond donors (Lipinski definition) is 0. The highest BCUT2D eigenvalue weighted by molar-refractivity contribution is 8.00. The van der Waals surface area contributed by atoms with Crippen LogP contribution < -0.4 is 0 Å². The third kappa shape index (κ3) is 3.28. The zero-order valence-corrected chi connectivity index (χ0v) is 13.8. The maximum absolute atomic E-state index is 12.1. The van der Waals surface area contributed by atoms with Gasteiger partial charge in [0.1, 0.15) is 11.3 Å². The lowest BCUT2D eigenvalue weighted by molar-refractivity contribution is -0.116. The van der Waals surface area contributed by atoms with Crippen molar-refractivity contribution in [1.29, 1.82) is 0 Å². The Balaban J connectivity index is 2.39. The second-order valence-corrected chi connectivity index (χ2v) is 8.21. The van der Waals surface area contributed by atoms with E-state index < -0.39 is 10.0 Å². The molecule has 0 unspecified atom stereocenters. The standard InChI is InChI=1S/C13H16N2O4S2/c1-8(16)9(2)20-13-14-11-7-10(5-6-12(11)19-13)21(17,18)15(3)4/h5-7,9H,1-4H3/t9-/m0/s1. The minimum Gasteiger partial charge on any atom is -0.431 e. The number of sulfonamides is 1. The van der Waals surface area contributed by atoms with Crippen LogP contribution >= 0.6 is 11.8 Å². The van der Waals surface area contributed by atoms with Crippen LogP contribution in [0.25, 0.3) is 11.1 Å². The average molecular weight is 328 g/mol. The van der Waals surface area contributed by atoms with Crippen molar-refractivity contribution in [3.05, 3.63) is 18.2 Å². The molecule has 1 aromatic heterocycles. The minimum absolute atomic E-state index is 0.0260. The number of nitrogens with zero attached hydrogens (tertiary/aromatic N) is 2. The number of aromatic nitrogens is 1. The number of hydrogen-bond acceptors (Lipinski definition) is 6. The molecule has 8 heteroatoms. The van der Waals surface area contributed by atoms with E-state index in [1.54, 1.807) is 13.0 Å². The minimum atomic E-state index is -3.50. The van der Waals surface area contributed by atoms with E-state index >= 15 is 0 Å². The number of benzene rings is 1. The molecule has 6 nitrogen and oxygen atoms in total. The highest BCUT2D eigenvalue weighted by Gasteiger charge is 2.20. The van der Waals surface area contributed by atoms with Gasteiger partial charge in [-0.1, -0.05) is 11.8 Å². The summed E-state index contributed by atoms with van der Waals surface area (Å²) in [6.07, 6.45) is 0. The summed E-state index contributed by atoms with van der Waals surface area (Å²) in [6, 6.07) is 4.52. The van der Waals surface area contributed by atoms with E-state index in [0.29, 0.717) is 16.3 Å². The third-order valence-electron chi connectivity index (χ3n) is 2.97. The van der Waals surface area contributed by atoms with Crippen LogP contribution in [0, 0.1) is 0 Å². The molecule has 114 valence electrons. The summed E-state index contributed by atoms with van der Waals surface area (Å²) >= 11 is 1.21. The topological polar surface area (TPSA) is 80.5 Å². The molecule has 0 N–H and O–H groups in total. The predicted molar refractivity (Wildman–Crippen MR) is 80.9 cm³/mol. The molecule has 0 bridgehead atoms. The van der Waals surface area contributed by atoms with Crippen molar-refractivity contribution in [2.75, 3.05) is 14.1 Å². The first-order valence-electron chi connectivity index (χ1n) is 6.22. The van der Waals surface area contributed by atoms with Crippen molar-refractivity contribution in [3.8, 4) is 0 Å². The van der Waals surface area contributed by atoms with Crippen LogP contribution in [0.1, 0.15) is 13.8 Å². The number of carbonyl (C=O) groups is 1. The molecule has 0 aliphatic carbocycles. The van der Waals surface area contributed by atoms with E-state index in [1.807, 2.05) is 0 Å². The molecule has 21 heavy (non-hydrogen) atoms. The Morgan fingerprint density at radius 2 is 2.05 bits per heavy atom. The lowest BCUT2D eigenvalue weighted by atomic mass is 10.3. The summed E-state index contributed by atoms with van der Waals surface area (Å²) in [5.41, 5.74) is 0.946. The maximum Gasteiger partial charge on any atom is 0.257 e. The smallest absolute Gasteiger partial charge is 0.257 e. The molecule has 0 radical (unpaired) electrons. The second kappa shape index (κ2) is 5.78. The highest BCUT2D eigenvalue weighted by Crippen LogP contribution is 2.28. The molecule has 1 heterocycles. The summed E-state index contributed by atoms with van der Waals surface area (Å²) in [5.74, 6) is 0.0260. The first kappa shape index (κ1) is 16.0. The number of oxazole rings is 1. The van der Waals surface area contributed by atoms with Crippen LogP contribution in [0.5, 0.6) is 0 Å². The molecule has 1 aromatic carbocycles. The van der Waals surface area contributed by atoms with Gasteiger partial charge in [-0.05, 0) is 32.0 Å². The number of rotatable bonds is 5. The van der Waals surface area contributed by atoms with Gasteiger partial charge >= 0.3 is 0 Å². The van der Waals surface area contributed by atoms with Crippen molar-refractivity contribution in [2.45, 2.75) is 29.2 Å². The Labute approximate surface area is 127 Å². The Bertz CT molecular complexity index is 781. The number of Topliss-reactive ketones (excluding diaryl/α,β-unsaturated/α-hetero) is 1. The molecule has 2 aromatic rings. The van der Waals surface area contributed by atoms with Crippen LogP contribution in [0.2, 0.25) is 0 Å². The van der Waals surface area contributed by atoms with E-state index in [0.717, 1.165) is 4.31 Å². The summed E-state index contributed by atoms with van der Waals surface area (Å²) < 4.78 is 30.8. The normalized spacial score (nSPS) is 13.8. The SMILES string of the molecule is CC(=O)[C@H](C)Sc1nc2cc(S(=O)(=O)N(C)C)ccc2o1. The van der Waals surface area contributed by atoms with Gasteiger partial charge in [0, 0.05) is 14.1 Å². The Kier molecular flexibility index (Phi) is 4.40. The molecule has 0 saturated heterocycles. The lowest BCUT2D eigenvalue weighted by Crippen LogP contribution is -2.22. The summed E-state index contributed by atoms with van der Waals surface area (Å²) in [5, 5.41) is 0.0927. The molecule has 1 atom stereocenters. The number of thioether (sulfide) groups is 1. The van der Waals surface area contributed by atoms with Gasteiger partial charge in [0.05, 0.1) is 10.1 Å². The fourth-order valence-electron chi connectivity index (χ4n) is 1.54. The quantitative estimate of drug-likeness (QED) is 0.782. The Hall–Kier alpha value is -1.38. The monoisotopic (exact) mass is 328 g/mol. The van der Waals surface area contributed by atoms with Gasteiger partial charge in [-0.15, -0.1) is 0 Å². The molecular weight excluding hydrogens is 312 g/mol. The van der Waals surface area contributed by atoms with Gasteiger partial charge in [-0.3, -0.25) is 4.79 Å². The van der Waals surface area contributed by atoms with Gasteiger partial charge in [0.25, 0.3) is 5.22 Å². The van der Waals surface area contributed by atoms with E-state index in [4.69, 9.17) is 4.42 Å². The summed E-state index contributed by atoms with van der Waals surface area (Å²) in [7, 11) is -0.564. The number of ketones is 1. The third-order valence-corrected chi connectivity index (χ3v) is 5.84. The zero-order chi connectivity index (χ0) is 15.8. The Morgan fingerprint density at radius 3 is 2.62 bits per heavy atom. The fraction of sp³-hybridized carbons (Fsp3) is 0.385. The summed E-state index contributed by atoms with van der Waals surface area (Å²) in [6.45, 7) is 3.27. The number of carbonyl (C=O) groups excluding carboxylic acids is 1. The van der Waals surface area contributed by atoms with Crippen LogP contribution in [-0.4, -0.2) is 42.8 Å². The van der Waals surface area contributed by atoms with Crippen LogP contribution in [0.3, 0.4) is 0 Å². The molecule has 0 aliphatic heterocycles. The maximum atomic E-state index is 12.1. The van der Waals surface area contributed by atoms with Crippen molar-refractivity contribution < 1.29 is 17.6 Å². The largest absolute Gasteiger partial charge is 0.431 e. The van der Waals surface area contributed by atoms with Crippen molar-refractivity contribution >= 4 is 38.7 Å². The molecule has 2 rings (SSSR count). The predicted octanol–water partition coefficient (Wildman–Crippen LogP) is 2.15. The van der Waals surface area contributed by atoms with Crippen molar-refractivity contribution in [3.63, 3.8) is 0 Å². The van der Waals surface area contributed by atoms with Gasteiger partial charge in [-0.2, -0.15) is 0 Å².